The van der Waals surface area contributed by atoms with E-state index in [9.17, 15) is 14.4 Å². The zero-order valence-electron chi connectivity index (χ0n) is 9.90. The number of H-pyrrole nitrogens is 1. The quantitative estimate of drug-likeness (QED) is 0.676. The number of aromatic amines is 1. The van der Waals surface area contributed by atoms with Crippen LogP contribution in [0, 0.1) is 0 Å². The van der Waals surface area contributed by atoms with Gasteiger partial charge in [0.05, 0.1) is 6.42 Å². The van der Waals surface area contributed by atoms with Crippen LogP contribution < -0.4 is 10.6 Å². The van der Waals surface area contributed by atoms with Crippen LogP contribution in [0.5, 0.6) is 0 Å². The Morgan fingerprint density at radius 2 is 2.05 bits per heavy atom. The van der Waals surface area contributed by atoms with Crippen LogP contribution in [-0.4, -0.2) is 28.7 Å². The maximum Gasteiger partial charge on any atom is 0.268 e. The van der Waals surface area contributed by atoms with Gasteiger partial charge in [0.1, 0.15) is 11.7 Å². The molecule has 1 unspecified atom stereocenters. The van der Waals surface area contributed by atoms with Crippen LogP contribution in [0.2, 0.25) is 0 Å². The molecule has 1 aliphatic heterocycles. The normalized spacial score (nSPS) is 18.6. The summed E-state index contributed by atoms with van der Waals surface area (Å²) >= 11 is 0. The van der Waals surface area contributed by atoms with E-state index in [-0.39, 0.29) is 12.3 Å². The smallest absolute Gasteiger partial charge is 0.268 e. The van der Waals surface area contributed by atoms with Gasteiger partial charge in [0.25, 0.3) is 5.91 Å². The van der Waals surface area contributed by atoms with Crippen molar-refractivity contribution in [1.29, 1.82) is 0 Å². The highest BCUT2D eigenvalue weighted by Gasteiger charge is 2.32. The predicted octanol–water partition coefficient (Wildman–Crippen LogP) is 0.313. The average molecular weight is 257 g/mol. The number of para-hydroxylation sites is 1. The zero-order chi connectivity index (χ0) is 13.4. The minimum absolute atomic E-state index is 0.00913. The number of imide groups is 1. The third kappa shape index (κ3) is 2.08. The van der Waals surface area contributed by atoms with Gasteiger partial charge in [-0.25, -0.2) is 0 Å². The van der Waals surface area contributed by atoms with Gasteiger partial charge in [-0.3, -0.25) is 19.7 Å². The second-order valence-electron chi connectivity index (χ2n) is 4.41. The molecule has 1 aromatic carbocycles. The number of carbonyl (C=O) groups excluding carboxylic acids is 3. The Labute approximate surface area is 108 Å². The SMILES string of the molecule is O=C1CC(NC(=O)c2cc3ccccc3[nH]2)C(=O)N1. The molecule has 0 spiro atoms. The second-order valence-corrected chi connectivity index (χ2v) is 4.41. The molecule has 1 fully saturated rings. The summed E-state index contributed by atoms with van der Waals surface area (Å²) in [4.78, 5) is 37.4. The van der Waals surface area contributed by atoms with Crippen LogP contribution in [0.4, 0.5) is 0 Å². The molecule has 1 aromatic heterocycles. The van der Waals surface area contributed by atoms with Gasteiger partial charge in [0, 0.05) is 10.9 Å². The summed E-state index contributed by atoms with van der Waals surface area (Å²) in [5.41, 5.74) is 1.22. The van der Waals surface area contributed by atoms with Crippen molar-refractivity contribution < 1.29 is 14.4 Å². The Bertz CT molecular complexity index is 656. The third-order valence-corrected chi connectivity index (χ3v) is 3.05. The van der Waals surface area contributed by atoms with Crippen molar-refractivity contribution in [1.82, 2.24) is 15.6 Å². The maximum atomic E-state index is 12.0. The number of hydrogen-bond donors (Lipinski definition) is 3. The van der Waals surface area contributed by atoms with Gasteiger partial charge in [-0.05, 0) is 12.1 Å². The summed E-state index contributed by atoms with van der Waals surface area (Å²) in [7, 11) is 0. The maximum absolute atomic E-state index is 12.0. The number of benzene rings is 1. The Morgan fingerprint density at radius 1 is 1.26 bits per heavy atom. The molecule has 0 aliphatic carbocycles. The lowest BCUT2D eigenvalue weighted by Crippen LogP contribution is -2.40. The van der Waals surface area contributed by atoms with Crippen molar-refractivity contribution in [3.8, 4) is 0 Å². The molecule has 0 saturated carbocycles. The average Bonchev–Trinajstić information content (AvgIpc) is 2.93. The van der Waals surface area contributed by atoms with Gasteiger partial charge in [-0.2, -0.15) is 0 Å². The molecular formula is C13H11N3O3. The van der Waals surface area contributed by atoms with E-state index < -0.39 is 17.9 Å². The van der Waals surface area contributed by atoms with Crippen molar-refractivity contribution >= 4 is 28.6 Å². The Kier molecular flexibility index (Phi) is 2.56. The van der Waals surface area contributed by atoms with Crippen molar-refractivity contribution in [2.45, 2.75) is 12.5 Å². The lowest BCUT2D eigenvalue weighted by molar-refractivity contribution is -0.125. The first kappa shape index (κ1) is 11.5. The lowest BCUT2D eigenvalue weighted by atomic mass is 10.2. The Balaban J connectivity index is 1.80. The van der Waals surface area contributed by atoms with Crippen molar-refractivity contribution in [2.75, 3.05) is 0 Å². The van der Waals surface area contributed by atoms with Crippen molar-refractivity contribution in [3.63, 3.8) is 0 Å². The summed E-state index contributed by atoms with van der Waals surface area (Å²) in [6, 6.07) is 8.40. The fraction of sp³-hybridized carbons (Fsp3) is 0.154. The summed E-state index contributed by atoms with van der Waals surface area (Å²) in [5, 5.41) is 5.60. The van der Waals surface area contributed by atoms with Crippen molar-refractivity contribution in [3.05, 3.63) is 36.0 Å². The van der Waals surface area contributed by atoms with Gasteiger partial charge >= 0.3 is 0 Å². The van der Waals surface area contributed by atoms with Crippen LogP contribution in [0.3, 0.4) is 0 Å². The molecule has 19 heavy (non-hydrogen) atoms. The molecule has 2 heterocycles. The van der Waals surface area contributed by atoms with Crippen molar-refractivity contribution in [2.24, 2.45) is 0 Å². The zero-order valence-corrected chi connectivity index (χ0v) is 9.90. The number of aromatic nitrogens is 1. The van der Waals surface area contributed by atoms with Crippen LogP contribution in [0.1, 0.15) is 16.9 Å². The molecule has 3 amide bonds. The molecule has 2 aromatic rings. The highest BCUT2D eigenvalue weighted by atomic mass is 16.2. The number of amides is 3. The molecule has 6 nitrogen and oxygen atoms in total. The van der Waals surface area contributed by atoms with Gasteiger partial charge < -0.3 is 10.3 Å². The van der Waals surface area contributed by atoms with E-state index in [2.05, 4.69) is 15.6 Å². The van der Waals surface area contributed by atoms with E-state index in [1.165, 1.54) is 0 Å². The molecule has 1 saturated heterocycles. The second kappa shape index (κ2) is 4.24. The van der Waals surface area contributed by atoms with E-state index in [1.54, 1.807) is 6.07 Å². The minimum Gasteiger partial charge on any atom is -0.351 e. The largest absolute Gasteiger partial charge is 0.351 e. The molecule has 3 rings (SSSR count). The molecule has 0 radical (unpaired) electrons. The van der Waals surface area contributed by atoms with Crippen LogP contribution in [0.25, 0.3) is 10.9 Å². The van der Waals surface area contributed by atoms with E-state index in [4.69, 9.17) is 0 Å². The van der Waals surface area contributed by atoms with Crippen LogP contribution in [0.15, 0.2) is 30.3 Å². The summed E-state index contributed by atoms with van der Waals surface area (Å²) in [6.07, 6.45) is -0.00913. The van der Waals surface area contributed by atoms with E-state index in [0.717, 1.165) is 10.9 Å². The Hall–Kier alpha value is -2.63. The monoisotopic (exact) mass is 257 g/mol. The number of nitrogens with one attached hydrogen (secondary N) is 3. The van der Waals surface area contributed by atoms with E-state index in [1.807, 2.05) is 24.3 Å². The van der Waals surface area contributed by atoms with Crippen LogP contribution in [-0.2, 0) is 9.59 Å². The predicted molar refractivity (Wildman–Crippen MR) is 67.3 cm³/mol. The molecule has 0 bridgehead atoms. The molecule has 1 aliphatic rings. The van der Waals surface area contributed by atoms with Crippen LogP contribution >= 0.6 is 0 Å². The first-order valence-corrected chi connectivity index (χ1v) is 5.86. The fourth-order valence-corrected chi connectivity index (χ4v) is 2.10. The number of carbonyl (C=O) groups is 3. The number of rotatable bonds is 2. The van der Waals surface area contributed by atoms with E-state index >= 15 is 0 Å². The molecule has 1 atom stereocenters. The van der Waals surface area contributed by atoms with Gasteiger partial charge in [-0.1, -0.05) is 18.2 Å². The lowest BCUT2D eigenvalue weighted by Gasteiger charge is -2.07. The van der Waals surface area contributed by atoms with Gasteiger partial charge in [0.2, 0.25) is 11.8 Å². The highest BCUT2D eigenvalue weighted by Crippen LogP contribution is 2.15. The van der Waals surface area contributed by atoms with E-state index in [0.29, 0.717) is 5.69 Å². The first-order valence-electron chi connectivity index (χ1n) is 5.86. The number of hydrogen-bond acceptors (Lipinski definition) is 3. The minimum atomic E-state index is -0.786. The summed E-state index contributed by atoms with van der Waals surface area (Å²) in [6.45, 7) is 0. The molecule has 3 N–H and O–H groups in total. The number of fused-ring (bicyclic) bond motifs is 1. The highest BCUT2D eigenvalue weighted by molar-refractivity contribution is 6.08. The standard InChI is InChI=1S/C13H11N3O3/c17-11-6-10(13(19)16-11)15-12(18)9-5-7-3-1-2-4-8(7)14-9/h1-5,10,14H,6H2,(H,15,18)(H,16,17,19). The summed E-state index contributed by atoms with van der Waals surface area (Å²) in [5.74, 6) is -1.23. The first-order chi connectivity index (χ1) is 9.13. The topological polar surface area (TPSA) is 91.1 Å². The molecule has 96 valence electrons. The van der Waals surface area contributed by atoms with Gasteiger partial charge in [0.15, 0.2) is 0 Å². The molecule has 6 heteroatoms. The Morgan fingerprint density at radius 3 is 2.74 bits per heavy atom. The van der Waals surface area contributed by atoms with Gasteiger partial charge in [-0.15, -0.1) is 0 Å². The third-order valence-electron chi connectivity index (χ3n) is 3.05. The summed E-state index contributed by atoms with van der Waals surface area (Å²) < 4.78 is 0. The fourth-order valence-electron chi connectivity index (χ4n) is 2.10. The molecular weight excluding hydrogens is 246 g/mol.